The molecule has 0 bridgehead atoms. The zero-order chi connectivity index (χ0) is 6.43. The van der Waals surface area contributed by atoms with Gasteiger partial charge in [-0.2, -0.15) is 0 Å². The first-order chi connectivity index (χ1) is 4.27. The van der Waals surface area contributed by atoms with Gasteiger partial charge in [0.15, 0.2) is 0 Å². The van der Waals surface area contributed by atoms with Gasteiger partial charge < -0.3 is 0 Å². The summed E-state index contributed by atoms with van der Waals surface area (Å²) in [6.45, 7) is 4.16. The first-order valence-electron chi connectivity index (χ1n) is 2.93. The summed E-state index contributed by atoms with van der Waals surface area (Å²) in [5, 5.41) is 0. The normalized spacial score (nSPS) is 13.1. The Morgan fingerprint density at radius 2 is 2.22 bits per heavy atom. The van der Waals surface area contributed by atoms with Gasteiger partial charge in [0.2, 0.25) is 0 Å². The van der Waals surface area contributed by atoms with Crippen molar-refractivity contribution in [2.75, 3.05) is 0 Å². The second kappa shape index (κ2) is 1.59. The summed E-state index contributed by atoms with van der Waals surface area (Å²) < 4.78 is 3.10. The molecular weight excluding hydrogens is 177 g/mol. The molecule has 0 radical (unpaired) electrons. The van der Waals surface area contributed by atoms with Gasteiger partial charge in [-0.25, -0.2) is 0 Å². The minimum atomic E-state index is 0.700. The third-order valence-electron chi connectivity index (χ3n) is 1.41. The second-order valence-corrected chi connectivity index (χ2v) is 4.49. The van der Waals surface area contributed by atoms with Crippen LogP contribution in [0.1, 0.15) is 11.4 Å². The van der Waals surface area contributed by atoms with E-state index in [0.29, 0.717) is 15.0 Å². The molecule has 1 aliphatic heterocycles. The van der Waals surface area contributed by atoms with Crippen molar-refractivity contribution in [2.45, 2.75) is 13.8 Å². The summed E-state index contributed by atoms with van der Waals surface area (Å²) in [5.41, 5.74) is 2.43. The molecule has 0 N–H and O–H groups in total. The molecule has 1 aromatic heterocycles. The number of pyridine rings is 1. The molecular formula is C7H7NSe. The van der Waals surface area contributed by atoms with Crippen LogP contribution in [0, 0.1) is 13.8 Å². The van der Waals surface area contributed by atoms with E-state index in [9.17, 15) is 0 Å². The van der Waals surface area contributed by atoms with Crippen molar-refractivity contribution in [3.8, 4) is 0 Å². The van der Waals surface area contributed by atoms with E-state index in [0.717, 1.165) is 0 Å². The molecule has 0 amide bonds. The Balaban J connectivity index is 2.67. The Hall–Kier alpha value is -0.331. The van der Waals surface area contributed by atoms with Crippen molar-refractivity contribution in [3.05, 3.63) is 17.5 Å². The molecule has 2 heterocycles. The van der Waals surface area contributed by atoms with Crippen LogP contribution in [0.4, 0.5) is 0 Å². The molecule has 1 aromatic rings. The number of nitrogens with zero attached hydrogens (tertiary/aromatic N) is 1. The SMILES string of the molecule is Cc1cc2c(c(C)n1)[Se]2. The van der Waals surface area contributed by atoms with Crippen molar-refractivity contribution in [2.24, 2.45) is 0 Å². The predicted molar refractivity (Wildman–Crippen MR) is 38.7 cm³/mol. The van der Waals surface area contributed by atoms with Gasteiger partial charge in [-0.05, 0) is 0 Å². The van der Waals surface area contributed by atoms with Crippen molar-refractivity contribution < 1.29 is 0 Å². The fourth-order valence-corrected chi connectivity index (χ4v) is 2.64. The van der Waals surface area contributed by atoms with Gasteiger partial charge in [0.25, 0.3) is 0 Å². The summed E-state index contributed by atoms with van der Waals surface area (Å²) in [5.74, 6) is 0. The number of rotatable bonds is 0. The van der Waals surface area contributed by atoms with E-state index in [-0.39, 0.29) is 0 Å². The molecule has 46 valence electrons. The minimum absolute atomic E-state index is 0.700. The predicted octanol–water partition coefficient (Wildman–Crippen LogP) is -0.333. The molecule has 0 aromatic carbocycles. The van der Waals surface area contributed by atoms with Gasteiger partial charge in [0, 0.05) is 0 Å². The quantitative estimate of drug-likeness (QED) is 0.511. The summed E-state index contributed by atoms with van der Waals surface area (Å²) in [7, 11) is 0. The zero-order valence-electron chi connectivity index (χ0n) is 5.43. The molecule has 0 saturated heterocycles. The summed E-state index contributed by atoms with van der Waals surface area (Å²) in [6, 6.07) is 2.20. The van der Waals surface area contributed by atoms with E-state index < -0.39 is 0 Å². The molecule has 0 spiro atoms. The van der Waals surface area contributed by atoms with Crippen LogP contribution in [0.3, 0.4) is 0 Å². The van der Waals surface area contributed by atoms with E-state index in [1.165, 1.54) is 15.8 Å². The third-order valence-corrected chi connectivity index (χ3v) is 3.62. The summed E-state index contributed by atoms with van der Waals surface area (Å²) in [4.78, 5) is 4.34. The molecule has 9 heavy (non-hydrogen) atoms. The standard InChI is InChI=1S/C7H7NSe/c1-4-3-6-7(9-6)5(2)8-4/h3H,1-2H3. The molecule has 1 nitrogen and oxygen atoms in total. The summed E-state index contributed by atoms with van der Waals surface area (Å²) >= 11 is 0.700. The van der Waals surface area contributed by atoms with Gasteiger partial charge >= 0.3 is 60.2 Å². The van der Waals surface area contributed by atoms with Gasteiger partial charge in [-0.1, -0.05) is 0 Å². The van der Waals surface area contributed by atoms with Crippen LogP contribution in [0.25, 0.3) is 0 Å². The fourth-order valence-electron chi connectivity index (χ4n) is 0.969. The van der Waals surface area contributed by atoms with E-state index in [1.807, 2.05) is 0 Å². The first-order valence-corrected chi connectivity index (χ1v) is 4.65. The van der Waals surface area contributed by atoms with Gasteiger partial charge in [-0.3, -0.25) is 0 Å². The van der Waals surface area contributed by atoms with Crippen molar-refractivity contribution >= 4 is 23.9 Å². The number of aryl methyl sites for hydroxylation is 2. The monoisotopic (exact) mass is 185 g/mol. The van der Waals surface area contributed by atoms with Crippen LogP contribution in [0.2, 0.25) is 0 Å². The molecule has 1 aliphatic rings. The Morgan fingerprint density at radius 1 is 1.44 bits per heavy atom. The second-order valence-electron chi connectivity index (χ2n) is 2.28. The number of hydrogen-bond acceptors (Lipinski definition) is 1. The van der Waals surface area contributed by atoms with Gasteiger partial charge in [0.1, 0.15) is 0 Å². The first kappa shape index (κ1) is 5.45. The summed E-state index contributed by atoms with van der Waals surface area (Å²) in [6.07, 6.45) is 0. The van der Waals surface area contributed by atoms with Crippen LogP contribution < -0.4 is 8.92 Å². The van der Waals surface area contributed by atoms with Crippen LogP contribution in [-0.4, -0.2) is 19.9 Å². The van der Waals surface area contributed by atoms with Crippen LogP contribution in [0.15, 0.2) is 6.07 Å². The zero-order valence-corrected chi connectivity index (χ0v) is 7.15. The Kier molecular flexibility index (Phi) is 0.961. The fraction of sp³-hybridized carbons (Fsp3) is 0.286. The number of fused-ring (bicyclic) bond motifs is 1. The average molecular weight is 184 g/mol. The Labute approximate surface area is 60.7 Å². The molecule has 2 heteroatoms. The maximum absolute atomic E-state index is 4.34. The Bertz CT molecular complexity index is 267. The van der Waals surface area contributed by atoms with Crippen LogP contribution >= 0.6 is 0 Å². The van der Waals surface area contributed by atoms with E-state index in [2.05, 4.69) is 24.9 Å². The topological polar surface area (TPSA) is 12.9 Å². The van der Waals surface area contributed by atoms with Crippen molar-refractivity contribution in [3.63, 3.8) is 0 Å². The Morgan fingerprint density at radius 3 is 2.89 bits per heavy atom. The number of aromatic nitrogens is 1. The van der Waals surface area contributed by atoms with E-state index in [4.69, 9.17) is 0 Å². The van der Waals surface area contributed by atoms with Crippen molar-refractivity contribution in [1.82, 2.24) is 4.98 Å². The molecule has 2 rings (SSSR count). The molecule has 0 unspecified atom stereocenters. The van der Waals surface area contributed by atoms with Crippen molar-refractivity contribution in [1.29, 1.82) is 0 Å². The molecule has 0 saturated carbocycles. The third kappa shape index (κ3) is 0.790. The van der Waals surface area contributed by atoms with Gasteiger partial charge in [0.05, 0.1) is 0 Å². The van der Waals surface area contributed by atoms with Gasteiger partial charge in [-0.15, -0.1) is 0 Å². The van der Waals surface area contributed by atoms with E-state index in [1.54, 1.807) is 4.46 Å². The molecule has 0 aliphatic carbocycles. The molecule has 0 atom stereocenters. The number of hydrogen-bond donors (Lipinski definition) is 0. The average Bonchev–Trinajstić information content (AvgIpc) is 2.43. The van der Waals surface area contributed by atoms with E-state index >= 15 is 0 Å². The van der Waals surface area contributed by atoms with Crippen LogP contribution in [0.5, 0.6) is 0 Å². The molecule has 0 fully saturated rings. The van der Waals surface area contributed by atoms with Crippen LogP contribution in [-0.2, 0) is 0 Å². The maximum atomic E-state index is 4.34.